The molecule has 0 unspecified atom stereocenters. The second-order valence-corrected chi connectivity index (χ2v) is 9.62. The fourth-order valence-corrected chi connectivity index (χ4v) is 5.28. The maximum absolute atomic E-state index is 14.8. The molecule has 8 heteroatoms. The SMILES string of the molecule is Cn1cnc2ccc(-c3ncc4c(cc(CN5CC[C@H](N)C5)n4C)c3-c3ccc(C#N)c(F)c3)cc21. The molecule has 180 valence electrons. The first-order valence-electron chi connectivity index (χ1n) is 12.0. The van der Waals surface area contributed by atoms with Gasteiger partial charge in [-0.05, 0) is 42.3 Å². The molecule has 2 aromatic carbocycles. The minimum Gasteiger partial charge on any atom is -0.345 e. The second kappa shape index (κ2) is 8.55. The molecule has 1 aliphatic rings. The van der Waals surface area contributed by atoms with Crippen molar-refractivity contribution in [2.75, 3.05) is 13.1 Å². The van der Waals surface area contributed by atoms with E-state index in [1.165, 1.54) is 12.1 Å². The molecule has 6 rings (SSSR count). The monoisotopic (exact) mass is 479 g/mol. The van der Waals surface area contributed by atoms with Crippen LogP contribution in [0.3, 0.4) is 0 Å². The largest absolute Gasteiger partial charge is 0.345 e. The van der Waals surface area contributed by atoms with Crippen LogP contribution in [-0.2, 0) is 20.6 Å². The molecule has 0 bridgehead atoms. The number of hydrogen-bond donors (Lipinski definition) is 1. The molecule has 3 aromatic heterocycles. The van der Waals surface area contributed by atoms with Crippen LogP contribution >= 0.6 is 0 Å². The van der Waals surface area contributed by atoms with E-state index in [0.717, 1.165) is 70.5 Å². The second-order valence-electron chi connectivity index (χ2n) is 9.62. The number of hydrogen-bond acceptors (Lipinski definition) is 5. The number of nitrogens with zero attached hydrogens (tertiary/aromatic N) is 6. The van der Waals surface area contributed by atoms with Crippen LogP contribution in [0, 0.1) is 17.1 Å². The van der Waals surface area contributed by atoms with Crippen molar-refractivity contribution in [1.29, 1.82) is 5.26 Å². The minimum atomic E-state index is -0.540. The highest BCUT2D eigenvalue weighted by Crippen LogP contribution is 2.39. The van der Waals surface area contributed by atoms with Gasteiger partial charge < -0.3 is 14.9 Å². The van der Waals surface area contributed by atoms with Gasteiger partial charge >= 0.3 is 0 Å². The van der Waals surface area contributed by atoms with E-state index in [9.17, 15) is 9.65 Å². The van der Waals surface area contributed by atoms with Crippen LogP contribution in [0.1, 0.15) is 17.7 Å². The number of pyridine rings is 1. The number of likely N-dealkylation sites (tertiary alicyclic amines) is 1. The van der Waals surface area contributed by atoms with Gasteiger partial charge in [0, 0.05) is 62.0 Å². The molecule has 4 heterocycles. The highest BCUT2D eigenvalue weighted by Gasteiger charge is 2.23. The Labute approximate surface area is 208 Å². The van der Waals surface area contributed by atoms with E-state index in [1.54, 1.807) is 12.4 Å². The molecule has 2 N–H and O–H groups in total. The van der Waals surface area contributed by atoms with Crippen molar-refractivity contribution in [2.45, 2.75) is 19.0 Å². The lowest BCUT2D eigenvalue weighted by Crippen LogP contribution is -2.26. The van der Waals surface area contributed by atoms with Crippen molar-refractivity contribution < 1.29 is 4.39 Å². The van der Waals surface area contributed by atoms with Crippen molar-refractivity contribution in [1.82, 2.24) is 24.0 Å². The summed E-state index contributed by atoms with van der Waals surface area (Å²) in [6, 6.07) is 15.1. The first-order chi connectivity index (χ1) is 17.4. The predicted molar refractivity (Wildman–Crippen MR) is 138 cm³/mol. The average molecular weight is 480 g/mol. The molecule has 7 nitrogen and oxygen atoms in total. The summed E-state index contributed by atoms with van der Waals surface area (Å²) in [5.74, 6) is -0.540. The summed E-state index contributed by atoms with van der Waals surface area (Å²) in [5.41, 5.74) is 13.4. The maximum Gasteiger partial charge on any atom is 0.141 e. The lowest BCUT2D eigenvalue weighted by molar-refractivity contribution is 0.319. The number of aromatic nitrogens is 4. The number of fused-ring (bicyclic) bond motifs is 2. The smallest absolute Gasteiger partial charge is 0.141 e. The van der Waals surface area contributed by atoms with Crippen LogP contribution in [0.5, 0.6) is 0 Å². The normalized spacial score (nSPS) is 16.2. The van der Waals surface area contributed by atoms with Gasteiger partial charge in [-0.1, -0.05) is 12.1 Å². The number of aryl methyl sites for hydroxylation is 2. The van der Waals surface area contributed by atoms with Crippen LogP contribution < -0.4 is 5.73 Å². The van der Waals surface area contributed by atoms with Crippen molar-refractivity contribution in [3.8, 4) is 28.5 Å². The molecule has 36 heavy (non-hydrogen) atoms. The third-order valence-electron chi connectivity index (χ3n) is 7.27. The average Bonchev–Trinajstić information content (AvgIpc) is 3.55. The standard InChI is InChI=1S/C28H26FN7/c1-34-16-33-24-6-5-18(10-25(24)34)28-27(17-3-4-19(12-30)23(29)9-17)22-11-21(35(2)26(22)13-32-28)15-36-8-7-20(31)14-36/h3-6,9-11,13,16,20H,7-8,14-15,31H2,1-2H3/t20-/m0/s1. The Morgan fingerprint density at radius 2 is 1.92 bits per heavy atom. The maximum atomic E-state index is 14.8. The van der Waals surface area contributed by atoms with Crippen molar-refractivity contribution in [3.63, 3.8) is 0 Å². The van der Waals surface area contributed by atoms with E-state index >= 15 is 0 Å². The summed E-state index contributed by atoms with van der Waals surface area (Å²) in [5, 5.41) is 10.3. The van der Waals surface area contributed by atoms with Crippen molar-refractivity contribution in [2.24, 2.45) is 19.8 Å². The Morgan fingerprint density at radius 1 is 1.08 bits per heavy atom. The quantitative estimate of drug-likeness (QED) is 0.414. The zero-order valence-corrected chi connectivity index (χ0v) is 20.2. The molecule has 0 aliphatic carbocycles. The van der Waals surface area contributed by atoms with E-state index in [-0.39, 0.29) is 11.6 Å². The lowest BCUT2D eigenvalue weighted by atomic mass is 9.95. The first kappa shape index (κ1) is 22.4. The Hall–Kier alpha value is -4.06. The molecule has 1 aliphatic heterocycles. The number of halogens is 1. The van der Waals surface area contributed by atoms with Gasteiger partial charge in [0.25, 0.3) is 0 Å². The van der Waals surface area contributed by atoms with E-state index in [2.05, 4.69) is 26.6 Å². The van der Waals surface area contributed by atoms with Crippen LogP contribution in [0.4, 0.5) is 4.39 Å². The molecule has 1 saturated heterocycles. The van der Waals surface area contributed by atoms with Crippen LogP contribution in [0.2, 0.25) is 0 Å². The zero-order chi connectivity index (χ0) is 25.0. The highest BCUT2D eigenvalue weighted by molar-refractivity contribution is 6.02. The minimum absolute atomic E-state index is 0.0239. The Bertz CT molecular complexity index is 1670. The first-order valence-corrected chi connectivity index (χ1v) is 12.0. The molecule has 0 saturated carbocycles. The number of rotatable bonds is 4. The number of nitrogens with two attached hydrogens (primary N) is 1. The summed E-state index contributed by atoms with van der Waals surface area (Å²) in [4.78, 5) is 11.7. The third-order valence-corrected chi connectivity index (χ3v) is 7.27. The van der Waals surface area contributed by atoms with E-state index in [4.69, 9.17) is 10.7 Å². The Balaban J connectivity index is 1.58. The summed E-state index contributed by atoms with van der Waals surface area (Å²) in [7, 11) is 4.00. The van der Waals surface area contributed by atoms with E-state index in [0.29, 0.717) is 5.56 Å². The third kappa shape index (κ3) is 3.65. The zero-order valence-electron chi connectivity index (χ0n) is 20.2. The van der Waals surface area contributed by atoms with Crippen molar-refractivity contribution >= 4 is 21.9 Å². The topological polar surface area (TPSA) is 88.7 Å². The molecule has 0 radical (unpaired) electrons. The Morgan fingerprint density at radius 3 is 2.67 bits per heavy atom. The van der Waals surface area contributed by atoms with Gasteiger partial charge in [-0.15, -0.1) is 0 Å². The number of benzene rings is 2. The summed E-state index contributed by atoms with van der Waals surface area (Å²) < 4.78 is 18.9. The van der Waals surface area contributed by atoms with Crippen LogP contribution in [0.15, 0.2) is 55.0 Å². The van der Waals surface area contributed by atoms with Gasteiger partial charge in [-0.2, -0.15) is 5.26 Å². The lowest BCUT2D eigenvalue weighted by Gasteiger charge is -2.15. The fraction of sp³-hybridized carbons (Fsp3) is 0.250. The molecule has 0 amide bonds. The van der Waals surface area contributed by atoms with Gasteiger partial charge in [0.05, 0.1) is 40.3 Å². The van der Waals surface area contributed by atoms with Gasteiger partial charge in [-0.3, -0.25) is 9.88 Å². The van der Waals surface area contributed by atoms with Crippen LogP contribution in [-0.4, -0.2) is 43.1 Å². The van der Waals surface area contributed by atoms with Crippen molar-refractivity contribution in [3.05, 3.63) is 72.1 Å². The van der Waals surface area contributed by atoms with Crippen LogP contribution in [0.25, 0.3) is 44.3 Å². The molecule has 1 atom stereocenters. The molecular formula is C28H26FN7. The Kier molecular flexibility index (Phi) is 5.32. The number of nitriles is 1. The molecule has 1 fully saturated rings. The number of imidazole rings is 1. The summed E-state index contributed by atoms with van der Waals surface area (Å²) >= 11 is 0. The fourth-order valence-electron chi connectivity index (χ4n) is 5.28. The van der Waals surface area contributed by atoms with Gasteiger partial charge in [0.2, 0.25) is 0 Å². The van der Waals surface area contributed by atoms with Gasteiger partial charge in [0.1, 0.15) is 11.9 Å². The summed E-state index contributed by atoms with van der Waals surface area (Å²) in [6.07, 6.45) is 4.68. The van der Waals surface area contributed by atoms with E-state index in [1.807, 2.05) is 43.1 Å². The van der Waals surface area contributed by atoms with E-state index < -0.39 is 5.82 Å². The van der Waals surface area contributed by atoms with Gasteiger partial charge in [-0.25, -0.2) is 9.37 Å². The molecule has 0 spiro atoms. The summed E-state index contributed by atoms with van der Waals surface area (Å²) in [6.45, 7) is 2.64. The predicted octanol–water partition coefficient (Wildman–Crippen LogP) is 4.34. The molecule has 5 aromatic rings. The molecular weight excluding hydrogens is 453 g/mol. The van der Waals surface area contributed by atoms with Gasteiger partial charge in [0.15, 0.2) is 0 Å². The highest BCUT2D eigenvalue weighted by atomic mass is 19.1.